The lowest BCUT2D eigenvalue weighted by atomic mass is 10.1. The molecule has 0 spiro atoms. The van der Waals surface area contributed by atoms with Crippen molar-refractivity contribution in [3.05, 3.63) is 0 Å². The third-order valence-electron chi connectivity index (χ3n) is 2.49. The molecular formula is C10H21N3O. The summed E-state index contributed by atoms with van der Waals surface area (Å²) in [6.45, 7) is 8.73. The summed E-state index contributed by atoms with van der Waals surface area (Å²) >= 11 is 0. The van der Waals surface area contributed by atoms with Crippen molar-refractivity contribution in [3.8, 4) is 0 Å². The topological polar surface area (TPSA) is 44.4 Å². The molecule has 0 saturated carbocycles. The zero-order valence-corrected chi connectivity index (χ0v) is 9.34. The monoisotopic (exact) mass is 199 g/mol. The van der Waals surface area contributed by atoms with E-state index in [9.17, 15) is 4.79 Å². The number of carbonyl (C=O) groups is 1. The Labute approximate surface area is 86.0 Å². The van der Waals surface area contributed by atoms with Crippen LogP contribution < -0.4 is 10.6 Å². The zero-order chi connectivity index (χ0) is 10.6. The number of nitrogens with one attached hydrogen (secondary N) is 2. The maximum Gasteiger partial charge on any atom is 0.317 e. The second kappa shape index (κ2) is 5.20. The molecule has 0 bridgehead atoms. The van der Waals surface area contributed by atoms with Crippen molar-refractivity contribution >= 4 is 6.03 Å². The number of rotatable bonds is 2. The van der Waals surface area contributed by atoms with E-state index in [1.807, 2.05) is 18.7 Å². The van der Waals surface area contributed by atoms with Crippen LogP contribution in [0.2, 0.25) is 0 Å². The Morgan fingerprint density at radius 1 is 1.64 bits per heavy atom. The summed E-state index contributed by atoms with van der Waals surface area (Å²) in [4.78, 5) is 13.7. The van der Waals surface area contributed by atoms with E-state index in [-0.39, 0.29) is 12.1 Å². The van der Waals surface area contributed by atoms with E-state index < -0.39 is 0 Å². The molecule has 1 unspecified atom stereocenters. The summed E-state index contributed by atoms with van der Waals surface area (Å²) in [6, 6.07) is 0.644. The van der Waals surface area contributed by atoms with E-state index in [0.29, 0.717) is 6.04 Å². The van der Waals surface area contributed by atoms with Crippen LogP contribution in [0.5, 0.6) is 0 Å². The van der Waals surface area contributed by atoms with E-state index in [4.69, 9.17) is 0 Å². The lowest BCUT2D eigenvalue weighted by molar-refractivity contribution is 0.154. The first-order valence-corrected chi connectivity index (χ1v) is 5.43. The molecule has 1 heterocycles. The predicted molar refractivity (Wildman–Crippen MR) is 57.3 cm³/mol. The fourth-order valence-electron chi connectivity index (χ4n) is 1.72. The van der Waals surface area contributed by atoms with Crippen LogP contribution in [0.25, 0.3) is 0 Å². The molecule has 2 amide bonds. The van der Waals surface area contributed by atoms with Crippen molar-refractivity contribution < 1.29 is 4.79 Å². The molecule has 0 aromatic carbocycles. The highest BCUT2D eigenvalue weighted by atomic mass is 16.2. The van der Waals surface area contributed by atoms with Gasteiger partial charge in [0.25, 0.3) is 0 Å². The van der Waals surface area contributed by atoms with Crippen LogP contribution in [-0.2, 0) is 0 Å². The van der Waals surface area contributed by atoms with E-state index in [0.717, 1.165) is 26.1 Å². The lowest BCUT2D eigenvalue weighted by Crippen LogP contribution is -2.56. The lowest BCUT2D eigenvalue weighted by Gasteiger charge is -2.36. The summed E-state index contributed by atoms with van der Waals surface area (Å²) < 4.78 is 0. The van der Waals surface area contributed by atoms with Crippen molar-refractivity contribution in [3.63, 3.8) is 0 Å². The van der Waals surface area contributed by atoms with Gasteiger partial charge in [-0.1, -0.05) is 6.92 Å². The van der Waals surface area contributed by atoms with Gasteiger partial charge in [-0.3, -0.25) is 0 Å². The Hall–Kier alpha value is -0.770. The second-order valence-electron chi connectivity index (χ2n) is 4.06. The summed E-state index contributed by atoms with van der Waals surface area (Å²) in [7, 11) is 0. The maximum atomic E-state index is 11.8. The van der Waals surface area contributed by atoms with Gasteiger partial charge >= 0.3 is 6.03 Å². The van der Waals surface area contributed by atoms with E-state index in [1.165, 1.54) is 0 Å². The number of piperazine rings is 1. The first kappa shape index (κ1) is 11.3. The zero-order valence-electron chi connectivity index (χ0n) is 9.34. The van der Waals surface area contributed by atoms with Gasteiger partial charge in [-0.25, -0.2) is 4.79 Å². The molecule has 82 valence electrons. The van der Waals surface area contributed by atoms with Crippen LogP contribution in [0.4, 0.5) is 4.79 Å². The first-order chi connectivity index (χ1) is 6.65. The molecule has 4 heteroatoms. The molecule has 2 N–H and O–H groups in total. The molecule has 0 aromatic heterocycles. The predicted octanol–water partition coefficient (Wildman–Crippen LogP) is 0.788. The standard InChI is InChI=1S/C10H21N3O/c1-4-9-7-11-5-6-13(9)10(14)12-8(2)3/h8-9,11H,4-7H2,1-3H3,(H,12,14). The quantitative estimate of drug-likeness (QED) is 0.690. The van der Waals surface area contributed by atoms with Gasteiger partial charge in [0.1, 0.15) is 0 Å². The molecule has 1 aliphatic heterocycles. The minimum atomic E-state index is 0.0772. The Morgan fingerprint density at radius 3 is 2.93 bits per heavy atom. The molecule has 4 nitrogen and oxygen atoms in total. The third-order valence-corrected chi connectivity index (χ3v) is 2.49. The second-order valence-corrected chi connectivity index (χ2v) is 4.06. The molecule has 1 aliphatic rings. The van der Waals surface area contributed by atoms with Gasteiger partial charge in [0.2, 0.25) is 0 Å². The van der Waals surface area contributed by atoms with Gasteiger partial charge in [-0.15, -0.1) is 0 Å². The van der Waals surface area contributed by atoms with E-state index in [1.54, 1.807) is 0 Å². The van der Waals surface area contributed by atoms with Crippen molar-refractivity contribution in [2.75, 3.05) is 19.6 Å². The van der Waals surface area contributed by atoms with Gasteiger partial charge < -0.3 is 15.5 Å². The Balaban J connectivity index is 2.50. The van der Waals surface area contributed by atoms with Crippen LogP contribution in [0.3, 0.4) is 0 Å². The van der Waals surface area contributed by atoms with Gasteiger partial charge in [0.05, 0.1) is 0 Å². The van der Waals surface area contributed by atoms with Gasteiger partial charge in [0, 0.05) is 31.7 Å². The molecule has 1 rings (SSSR count). The minimum absolute atomic E-state index is 0.0772. The SMILES string of the molecule is CCC1CNCCN1C(=O)NC(C)C. The van der Waals surface area contributed by atoms with Crippen LogP contribution >= 0.6 is 0 Å². The number of carbonyl (C=O) groups excluding carboxylic acids is 1. The number of urea groups is 1. The molecule has 0 aliphatic carbocycles. The normalized spacial score (nSPS) is 22.6. The van der Waals surface area contributed by atoms with Crippen molar-refractivity contribution in [2.45, 2.75) is 39.3 Å². The van der Waals surface area contributed by atoms with Crippen molar-refractivity contribution in [2.24, 2.45) is 0 Å². The number of hydrogen-bond acceptors (Lipinski definition) is 2. The summed E-state index contributed by atoms with van der Waals surface area (Å²) in [5, 5.41) is 6.24. The Morgan fingerprint density at radius 2 is 2.36 bits per heavy atom. The molecule has 1 saturated heterocycles. The van der Waals surface area contributed by atoms with Crippen molar-refractivity contribution in [1.82, 2.24) is 15.5 Å². The fraction of sp³-hybridized carbons (Fsp3) is 0.900. The van der Waals surface area contributed by atoms with Crippen LogP contribution in [0, 0.1) is 0 Å². The highest BCUT2D eigenvalue weighted by Crippen LogP contribution is 2.07. The molecule has 0 radical (unpaired) electrons. The molecular weight excluding hydrogens is 178 g/mol. The highest BCUT2D eigenvalue weighted by Gasteiger charge is 2.24. The summed E-state index contributed by atoms with van der Waals surface area (Å²) in [6.07, 6.45) is 1.01. The van der Waals surface area contributed by atoms with Gasteiger partial charge in [-0.05, 0) is 20.3 Å². The molecule has 1 fully saturated rings. The van der Waals surface area contributed by atoms with Gasteiger partial charge in [-0.2, -0.15) is 0 Å². The summed E-state index contributed by atoms with van der Waals surface area (Å²) in [5.74, 6) is 0. The first-order valence-electron chi connectivity index (χ1n) is 5.43. The van der Waals surface area contributed by atoms with Gasteiger partial charge in [0.15, 0.2) is 0 Å². The van der Waals surface area contributed by atoms with E-state index >= 15 is 0 Å². The van der Waals surface area contributed by atoms with Crippen LogP contribution in [-0.4, -0.2) is 42.6 Å². The van der Waals surface area contributed by atoms with Crippen LogP contribution in [0.15, 0.2) is 0 Å². The summed E-state index contributed by atoms with van der Waals surface area (Å²) in [5.41, 5.74) is 0. The van der Waals surface area contributed by atoms with Crippen LogP contribution in [0.1, 0.15) is 27.2 Å². The third kappa shape index (κ3) is 2.87. The molecule has 14 heavy (non-hydrogen) atoms. The number of amides is 2. The average Bonchev–Trinajstić information content (AvgIpc) is 2.16. The molecule has 1 atom stereocenters. The van der Waals surface area contributed by atoms with E-state index in [2.05, 4.69) is 17.6 Å². The Kier molecular flexibility index (Phi) is 4.20. The van der Waals surface area contributed by atoms with Crippen molar-refractivity contribution in [1.29, 1.82) is 0 Å². The largest absolute Gasteiger partial charge is 0.336 e. The Bertz CT molecular complexity index is 194. The number of hydrogen-bond donors (Lipinski definition) is 2. The number of nitrogens with zero attached hydrogens (tertiary/aromatic N) is 1. The average molecular weight is 199 g/mol. The fourth-order valence-corrected chi connectivity index (χ4v) is 1.72. The molecule has 0 aromatic rings. The smallest absolute Gasteiger partial charge is 0.317 e. The maximum absolute atomic E-state index is 11.8. The minimum Gasteiger partial charge on any atom is -0.336 e. The highest BCUT2D eigenvalue weighted by molar-refractivity contribution is 5.75.